The van der Waals surface area contributed by atoms with Gasteiger partial charge in [-0.2, -0.15) is 27.1 Å². The predicted octanol–water partition coefficient (Wildman–Crippen LogP) is 3.64. The third kappa shape index (κ3) is 4.17. The number of anilines is 1. The standard InChI is InChI=1S/C17H15N3O6S2/c1-10-6-12(18)3-5-16(10)20-19-13-4-2-11-7-14(27(21,22)23)9-17(15(11)8-13)28(24,25)26/h2-9H,18H2,1H3,(H,21,22,23)(H,24,25,26)/b20-19+. The minimum Gasteiger partial charge on any atom is -0.399 e. The summed E-state index contributed by atoms with van der Waals surface area (Å²) in [6.45, 7) is 1.80. The summed E-state index contributed by atoms with van der Waals surface area (Å²) in [6.07, 6.45) is 0. The maximum Gasteiger partial charge on any atom is 0.295 e. The number of rotatable bonds is 4. The van der Waals surface area contributed by atoms with E-state index >= 15 is 0 Å². The minimum absolute atomic E-state index is 0.0281. The first-order chi connectivity index (χ1) is 12.9. The summed E-state index contributed by atoms with van der Waals surface area (Å²) >= 11 is 0. The van der Waals surface area contributed by atoms with E-state index in [1.807, 2.05) is 0 Å². The quantitative estimate of drug-likeness (QED) is 0.329. The normalized spacial score (nSPS) is 12.7. The molecule has 0 heterocycles. The molecular weight excluding hydrogens is 406 g/mol. The van der Waals surface area contributed by atoms with Gasteiger partial charge in [-0.1, -0.05) is 6.07 Å². The van der Waals surface area contributed by atoms with Crippen molar-refractivity contribution in [1.82, 2.24) is 0 Å². The molecule has 28 heavy (non-hydrogen) atoms. The fraction of sp³-hybridized carbons (Fsp3) is 0.0588. The molecule has 0 bridgehead atoms. The number of fused-ring (bicyclic) bond motifs is 1. The zero-order valence-electron chi connectivity index (χ0n) is 14.4. The van der Waals surface area contributed by atoms with Crippen LogP contribution in [0.25, 0.3) is 10.8 Å². The Morgan fingerprint density at radius 3 is 2.18 bits per heavy atom. The first-order valence-corrected chi connectivity index (χ1v) is 10.6. The van der Waals surface area contributed by atoms with Gasteiger partial charge in [0.25, 0.3) is 20.2 Å². The van der Waals surface area contributed by atoms with Crippen molar-refractivity contribution >= 4 is 48.1 Å². The van der Waals surface area contributed by atoms with Crippen LogP contribution in [0.1, 0.15) is 5.56 Å². The Hall–Kier alpha value is -2.86. The molecule has 0 atom stereocenters. The molecule has 0 aliphatic carbocycles. The van der Waals surface area contributed by atoms with Crippen LogP contribution in [0.4, 0.5) is 17.1 Å². The summed E-state index contributed by atoms with van der Waals surface area (Å²) in [7, 11) is -9.44. The predicted molar refractivity (Wildman–Crippen MR) is 103 cm³/mol. The maximum absolute atomic E-state index is 11.7. The smallest absolute Gasteiger partial charge is 0.295 e. The molecule has 146 valence electrons. The van der Waals surface area contributed by atoms with Gasteiger partial charge in [-0.3, -0.25) is 9.11 Å². The van der Waals surface area contributed by atoms with Crippen molar-refractivity contribution in [2.45, 2.75) is 16.7 Å². The number of azo groups is 1. The van der Waals surface area contributed by atoms with Gasteiger partial charge in [-0.15, -0.1) is 0 Å². The van der Waals surface area contributed by atoms with Crippen molar-refractivity contribution in [1.29, 1.82) is 0 Å². The highest BCUT2D eigenvalue weighted by Gasteiger charge is 2.20. The van der Waals surface area contributed by atoms with Gasteiger partial charge in [-0.05, 0) is 60.3 Å². The zero-order chi connectivity index (χ0) is 20.7. The highest BCUT2D eigenvalue weighted by molar-refractivity contribution is 7.86. The molecule has 0 saturated carbocycles. The summed E-state index contributed by atoms with van der Waals surface area (Å²) in [4.78, 5) is -1.32. The van der Waals surface area contributed by atoms with Crippen LogP contribution in [0.2, 0.25) is 0 Å². The van der Waals surface area contributed by atoms with Gasteiger partial charge in [0, 0.05) is 11.1 Å². The fourth-order valence-electron chi connectivity index (χ4n) is 2.61. The number of benzene rings is 3. The molecule has 0 amide bonds. The molecule has 0 aliphatic heterocycles. The summed E-state index contributed by atoms with van der Waals surface area (Å²) in [6, 6.07) is 11.1. The van der Waals surface area contributed by atoms with Crippen molar-refractivity contribution in [2.24, 2.45) is 10.2 Å². The van der Waals surface area contributed by atoms with E-state index in [-0.39, 0.29) is 16.5 Å². The van der Waals surface area contributed by atoms with E-state index in [2.05, 4.69) is 10.2 Å². The molecule has 0 saturated heterocycles. The van der Waals surface area contributed by atoms with Crippen LogP contribution in [0, 0.1) is 6.92 Å². The lowest BCUT2D eigenvalue weighted by Crippen LogP contribution is -2.04. The lowest BCUT2D eigenvalue weighted by molar-refractivity contribution is 0.482. The minimum atomic E-state index is -4.77. The van der Waals surface area contributed by atoms with Crippen LogP contribution in [-0.2, 0) is 20.2 Å². The number of nitrogens with zero attached hydrogens (tertiary/aromatic N) is 2. The molecular formula is C17H15N3O6S2. The number of hydrogen-bond acceptors (Lipinski definition) is 7. The van der Waals surface area contributed by atoms with Crippen LogP contribution < -0.4 is 5.73 Å². The van der Waals surface area contributed by atoms with Crippen LogP contribution in [-0.4, -0.2) is 25.9 Å². The van der Waals surface area contributed by atoms with E-state index in [0.29, 0.717) is 17.4 Å². The van der Waals surface area contributed by atoms with Crippen LogP contribution in [0.3, 0.4) is 0 Å². The molecule has 0 aliphatic rings. The van der Waals surface area contributed by atoms with E-state index < -0.39 is 30.0 Å². The van der Waals surface area contributed by atoms with E-state index in [1.165, 1.54) is 18.2 Å². The summed E-state index contributed by atoms with van der Waals surface area (Å²) in [5, 5.41) is 8.35. The average Bonchev–Trinajstić information content (AvgIpc) is 2.58. The van der Waals surface area contributed by atoms with Crippen molar-refractivity contribution in [3.63, 3.8) is 0 Å². The van der Waals surface area contributed by atoms with Crippen molar-refractivity contribution in [3.8, 4) is 0 Å². The monoisotopic (exact) mass is 421 g/mol. The van der Waals surface area contributed by atoms with Gasteiger partial charge in [0.1, 0.15) is 4.90 Å². The van der Waals surface area contributed by atoms with Gasteiger partial charge in [0.15, 0.2) is 0 Å². The van der Waals surface area contributed by atoms with Crippen LogP contribution >= 0.6 is 0 Å². The molecule has 3 aromatic rings. The van der Waals surface area contributed by atoms with E-state index in [1.54, 1.807) is 25.1 Å². The second kappa shape index (κ2) is 6.95. The van der Waals surface area contributed by atoms with Gasteiger partial charge in [0.05, 0.1) is 16.3 Å². The molecule has 0 radical (unpaired) electrons. The lowest BCUT2D eigenvalue weighted by Gasteiger charge is -2.07. The highest BCUT2D eigenvalue weighted by atomic mass is 32.2. The Labute approximate surface area is 161 Å². The third-order valence-corrected chi connectivity index (χ3v) is 5.67. The van der Waals surface area contributed by atoms with Gasteiger partial charge >= 0.3 is 0 Å². The number of nitrogen functional groups attached to an aromatic ring is 1. The fourth-order valence-corrected chi connectivity index (χ4v) is 3.96. The number of nitrogens with two attached hydrogens (primary N) is 1. The largest absolute Gasteiger partial charge is 0.399 e. The molecule has 0 unspecified atom stereocenters. The Morgan fingerprint density at radius 1 is 0.857 bits per heavy atom. The van der Waals surface area contributed by atoms with E-state index in [0.717, 1.165) is 11.6 Å². The average molecular weight is 421 g/mol. The first-order valence-electron chi connectivity index (χ1n) is 7.76. The molecule has 0 fully saturated rings. The highest BCUT2D eigenvalue weighted by Crippen LogP contribution is 2.31. The topological polar surface area (TPSA) is 159 Å². The lowest BCUT2D eigenvalue weighted by atomic mass is 10.1. The van der Waals surface area contributed by atoms with Crippen molar-refractivity contribution < 1.29 is 25.9 Å². The SMILES string of the molecule is Cc1cc(N)ccc1/N=N/c1ccc2cc(S(=O)(=O)O)cc(S(=O)(=O)O)c2c1. The first kappa shape index (κ1) is 19.9. The van der Waals surface area contributed by atoms with Gasteiger partial charge in [-0.25, -0.2) is 0 Å². The zero-order valence-corrected chi connectivity index (χ0v) is 16.1. The molecule has 0 aromatic heterocycles. The van der Waals surface area contributed by atoms with E-state index in [4.69, 9.17) is 5.73 Å². The van der Waals surface area contributed by atoms with Gasteiger partial charge < -0.3 is 5.73 Å². The van der Waals surface area contributed by atoms with Crippen LogP contribution in [0.15, 0.2) is 68.6 Å². The molecule has 11 heteroatoms. The summed E-state index contributed by atoms with van der Waals surface area (Å²) in [5.74, 6) is 0. The maximum atomic E-state index is 11.7. The molecule has 3 rings (SSSR count). The molecule has 3 aromatic carbocycles. The Kier molecular flexibility index (Phi) is 4.93. The Balaban J connectivity index is 2.16. The Bertz CT molecular complexity index is 1330. The summed E-state index contributed by atoms with van der Waals surface area (Å²) < 4.78 is 64.8. The van der Waals surface area contributed by atoms with Crippen molar-refractivity contribution in [3.05, 3.63) is 54.1 Å². The second-order valence-corrected chi connectivity index (χ2v) is 8.83. The number of aryl methyl sites for hydroxylation is 1. The van der Waals surface area contributed by atoms with E-state index in [9.17, 15) is 25.9 Å². The molecule has 0 spiro atoms. The van der Waals surface area contributed by atoms with Gasteiger partial charge in [0.2, 0.25) is 0 Å². The number of hydrogen-bond donors (Lipinski definition) is 3. The second-order valence-electron chi connectivity index (χ2n) is 6.02. The van der Waals surface area contributed by atoms with Crippen molar-refractivity contribution in [2.75, 3.05) is 5.73 Å². The Morgan fingerprint density at radius 2 is 1.57 bits per heavy atom. The third-order valence-electron chi connectivity index (χ3n) is 3.94. The summed E-state index contributed by atoms with van der Waals surface area (Å²) in [5.41, 5.74) is 7.89. The molecule has 9 nitrogen and oxygen atoms in total. The molecule has 4 N–H and O–H groups in total. The van der Waals surface area contributed by atoms with Crippen LogP contribution in [0.5, 0.6) is 0 Å².